The van der Waals surface area contributed by atoms with Crippen LogP contribution in [-0.2, 0) is 13.5 Å². The van der Waals surface area contributed by atoms with Crippen LogP contribution in [0.25, 0.3) is 0 Å². The zero-order chi connectivity index (χ0) is 12.1. The lowest BCUT2D eigenvalue weighted by Gasteiger charge is -2.26. The standard InChI is InChI=1S/C13H24N4/c1-11-4-3-5-12(8-11)9-14-7-6-13-16-15-10-17(13)2/h10-12,14H,3-9H2,1-2H3. The molecule has 4 nitrogen and oxygen atoms in total. The van der Waals surface area contributed by atoms with Gasteiger partial charge in [0.15, 0.2) is 0 Å². The van der Waals surface area contributed by atoms with Crippen molar-refractivity contribution in [3.8, 4) is 0 Å². The highest BCUT2D eigenvalue weighted by molar-refractivity contribution is 4.85. The van der Waals surface area contributed by atoms with Gasteiger partial charge in [-0.1, -0.05) is 19.8 Å². The van der Waals surface area contributed by atoms with Gasteiger partial charge in [-0.25, -0.2) is 0 Å². The summed E-state index contributed by atoms with van der Waals surface area (Å²) in [5, 5.41) is 11.5. The molecule has 1 aliphatic carbocycles. The lowest BCUT2D eigenvalue weighted by Crippen LogP contribution is -2.28. The van der Waals surface area contributed by atoms with Crippen LogP contribution in [0.5, 0.6) is 0 Å². The van der Waals surface area contributed by atoms with Crippen molar-refractivity contribution in [2.75, 3.05) is 13.1 Å². The molecule has 96 valence electrons. The minimum atomic E-state index is 0.887. The van der Waals surface area contributed by atoms with E-state index < -0.39 is 0 Å². The second kappa shape index (κ2) is 6.15. The Hall–Kier alpha value is -0.900. The van der Waals surface area contributed by atoms with E-state index >= 15 is 0 Å². The molecule has 0 bridgehead atoms. The summed E-state index contributed by atoms with van der Waals surface area (Å²) < 4.78 is 1.99. The Morgan fingerprint density at radius 2 is 2.35 bits per heavy atom. The lowest BCUT2D eigenvalue weighted by atomic mass is 9.82. The maximum Gasteiger partial charge on any atom is 0.133 e. The third kappa shape index (κ3) is 3.80. The summed E-state index contributed by atoms with van der Waals surface area (Å²) in [5.74, 6) is 2.88. The maximum absolute atomic E-state index is 4.09. The topological polar surface area (TPSA) is 42.7 Å². The number of hydrogen-bond donors (Lipinski definition) is 1. The van der Waals surface area contributed by atoms with Crippen LogP contribution in [0.4, 0.5) is 0 Å². The second-order valence-electron chi connectivity index (χ2n) is 5.45. The molecule has 0 aromatic carbocycles. The van der Waals surface area contributed by atoms with Crippen LogP contribution in [0.2, 0.25) is 0 Å². The first kappa shape index (κ1) is 12.6. The highest BCUT2D eigenvalue weighted by Gasteiger charge is 2.18. The molecule has 0 aliphatic heterocycles. The molecule has 1 aliphatic rings. The van der Waals surface area contributed by atoms with Crippen LogP contribution in [0.15, 0.2) is 6.33 Å². The van der Waals surface area contributed by atoms with Gasteiger partial charge in [0.1, 0.15) is 12.2 Å². The molecular weight excluding hydrogens is 212 g/mol. The van der Waals surface area contributed by atoms with Crippen molar-refractivity contribution >= 4 is 0 Å². The van der Waals surface area contributed by atoms with Crippen LogP contribution in [0, 0.1) is 11.8 Å². The average molecular weight is 236 g/mol. The fourth-order valence-corrected chi connectivity index (χ4v) is 2.78. The van der Waals surface area contributed by atoms with Gasteiger partial charge in [-0.3, -0.25) is 0 Å². The van der Waals surface area contributed by atoms with Crippen molar-refractivity contribution in [1.82, 2.24) is 20.1 Å². The number of aromatic nitrogens is 3. The van der Waals surface area contributed by atoms with Gasteiger partial charge in [-0.15, -0.1) is 10.2 Å². The van der Waals surface area contributed by atoms with E-state index in [-0.39, 0.29) is 0 Å². The zero-order valence-corrected chi connectivity index (χ0v) is 11.0. The number of nitrogens with zero attached hydrogens (tertiary/aromatic N) is 3. The van der Waals surface area contributed by atoms with Crippen LogP contribution in [0.1, 0.15) is 38.4 Å². The molecule has 1 heterocycles. The normalized spacial score (nSPS) is 25.1. The molecule has 4 heteroatoms. The summed E-state index contributed by atoms with van der Waals surface area (Å²) in [5.41, 5.74) is 0. The number of aryl methyl sites for hydroxylation is 1. The lowest BCUT2D eigenvalue weighted by molar-refractivity contribution is 0.275. The van der Waals surface area contributed by atoms with E-state index in [1.807, 2.05) is 11.6 Å². The quantitative estimate of drug-likeness (QED) is 0.792. The molecule has 0 spiro atoms. The molecule has 2 atom stereocenters. The SMILES string of the molecule is CC1CCCC(CNCCc2nncn2C)C1. The van der Waals surface area contributed by atoms with Crippen LogP contribution >= 0.6 is 0 Å². The van der Waals surface area contributed by atoms with E-state index in [2.05, 4.69) is 22.4 Å². The van der Waals surface area contributed by atoms with Crippen molar-refractivity contribution in [3.05, 3.63) is 12.2 Å². The Kier molecular flexibility index (Phi) is 4.54. The van der Waals surface area contributed by atoms with E-state index in [1.165, 1.54) is 32.2 Å². The monoisotopic (exact) mass is 236 g/mol. The molecule has 0 amide bonds. The maximum atomic E-state index is 4.09. The van der Waals surface area contributed by atoms with Gasteiger partial charge < -0.3 is 9.88 Å². The van der Waals surface area contributed by atoms with Gasteiger partial charge in [-0.2, -0.15) is 0 Å². The first-order valence-corrected chi connectivity index (χ1v) is 6.79. The van der Waals surface area contributed by atoms with Crippen molar-refractivity contribution in [3.63, 3.8) is 0 Å². The van der Waals surface area contributed by atoms with Crippen LogP contribution in [0.3, 0.4) is 0 Å². The van der Waals surface area contributed by atoms with Crippen LogP contribution in [-0.4, -0.2) is 27.9 Å². The average Bonchev–Trinajstić information content (AvgIpc) is 2.71. The molecule has 1 saturated carbocycles. The van der Waals surface area contributed by atoms with Gasteiger partial charge in [0, 0.05) is 20.0 Å². The molecule has 1 fully saturated rings. The van der Waals surface area contributed by atoms with E-state index in [4.69, 9.17) is 0 Å². The fraction of sp³-hybridized carbons (Fsp3) is 0.846. The summed E-state index contributed by atoms with van der Waals surface area (Å²) >= 11 is 0. The molecule has 0 radical (unpaired) electrons. The summed E-state index contributed by atoms with van der Waals surface area (Å²) in [7, 11) is 2.00. The van der Waals surface area contributed by atoms with Crippen LogP contribution < -0.4 is 5.32 Å². The summed E-state index contributed by atoms with van der Waals surface area (Å²) in [4.78, 5) is 0. The van der Waals surface area contributed by atoms with E-state index in [0.717, 1.165) is 30.6 Å². The van der Waals surface area contributed by atoms with Crippen molar-refractivity contribution in [1.29, 1.82) is 0 Å². The largest absolute Gasteiger partial charge is 0.321 e. The minimum absolute atomic E-state index is 0.887. The van der Waals surface area contributed by atoms with Crippen molar-refractivity contribution < 1.29 is 0 Å². The second-order valence-corrected chi connectivity index (χ2v) is 5.45. The smallest absolute Gasteiger partial charge is 0.133 e. The predicted molar refractivity (Wildman–Crippen MR) is 68.7 cm³/mol. The third-order valence-electron chi connectivity index (χ3n) is 3.81. The molecular formula is C13H24N4. The van der Waals surface area contributed by atoms with E-state index in [1.54, 1.807) is 6.33 Å². The molecule has 1 N–H and O–H groups in total. The molecule has 1 aromatic heterocycles. The Balaban J connectivity index is 1.61. The minimum Gasteiger partial charge on any atom is -0.321 e. The third-order valence-corrected chi connectivity index (χ3v) is 3.81. The zero-order valence-electron chi connectivity index (χ0n) is 11.0. The molecule has 2 unspecified atom stereocenters. The van der Waals surface area contributed by atoms with Crippen molar-refractivity contribution in [2.24, 2.45) is 18.9 Å². The van der Waals surface area contributed by atoms with Gasteiger partial charge in [0.2, 0.25) is 0 Å². The highest BCUT2D eigenvalue weighted by atomic mass is 15.2. The highest BCUT2D eigenvalue weighted by Crippen LogP contribution is 2.27. The summed E-state index contributed by atoms with van der Waals surface area (Å²) in [6.07, 6.45) is 8.38. The van der Waals surface area contributed by atoms with Gasteiger partial charge in [0.25, 0.3) is 0 Å². The van der Waals surface area contributed by atoms with E-state index in [9.17, 15) is 0 Å². The fourth-order valence-electron chi connectivity index (χ4n) is 2.78. The summed E-state index contributed by atoms with van der Waals surface area (Å²) in [6.45, 7) is 4.56. The van der Waals surface area contributed by atoms with Gasteiger partial charge >= 0.3 is 0 Å². The Labute approximate surface area is 104 Å². The Morgan fingerprint density at radius 1 is 1.47 bits per heavy atom. The van der Waals surface area contributed by atoms with E-state index in [0.29, 0.717) is 0 Å². The first-order valence-electron chi connectivity index (χ1n) is 6.79. The summed E-state index contributed by atoms with van der Waals surface area (Å²) in [6, 6.07) is 0. The predicted octanol–water partition coefficient (Wildman–Crippen LogP) is 1.77. The molecule has 0 saturated heterocycles. The van der Waals surface area contributed by atoms with Gasteiger partial charge in [-0.05, 0) is 31.2 Å². The molecule has 1 aromatic rings. The number of rotatable bonds is 5. The number of nitrogens with one attached hydrogen (secondary N) is 1. The Morgan fingerprint density at radius 3 is 3.06 bits per heavy atom. The van der Waals surface area contributed by atoms with Crippen molar-refractivity contribution in [2.45, 2.75) is 39.0 Å². The van der Waals surface area contributed by atoms with Gasteiger partial charge in [0.05, 0.1) is 0 Å². The number of hydrogen-bond acceptors (Lipinski definition) is 3. The Bertz CT molecular complexity index is 334. The first-order chi connectivity index (χ1) is 8.25. The molecule has 2 rings (SSSR count). The molecule has 17 heavy (non-hydrogen) atoms.